The first kappa shape index (κ1) is 20.1. The van der Waals surface area contributed by atoms with Gasteiger partial charge in [-0.25, -0.2) is 8.42 Å². The minimum atomic E-state index is -3.57. The molecule has 0 fully saturated rings. The lowest BCUT2D eigenvalue weighted by Gasteiger charge is -2.22. The number of nitrogens with one attached hydrogen (secondary N) is 1. The molecule has 0 saturated heterocycles. The summed E-state index contributed by atoms with van der Waals surface area (Å²) >= 11 is 3.76. The molecule has 0 heterocycles. The van der Waals surface area contributed by atoms with Gasteiger partial charge in [-0.3, -0.25) is 9.10 Å². The van der Waals surface area contributed by atoms with Crippen LogP contribution in [-0.2, 0) is 14.8 Å². The number of sulfonamides is 1. The van der Waals surface area contributed by atoms with E-state index in [0.717, 1.165) is 24.8 Å². The van der Waals surface area contributed by atoms with Gasteiger partial charge in [-0.2, -0.15) is 0 Å². The summed E-state index contributed by atoms with van der Waals surface area (Å²) in [6, 6.07) is 14.5. The van der Waals surface area contributed by atoms with Crippen LogP contribution >= 0.6 is 34.4 Å². The Balaban J connectivity index is 2.19. The van der Waals surface area contributed by atoms with Crippen LogP contribution in [0.3, 0.4) is 0 Å². The predicted octanol–water partition coefficient (Wildman–Crippen LogP) is 3.81. The third-order valence-electron chi connectivity index (χ3n) is 3.26. The molecule has 0 bridgehead atoms. The van der Waals surface area contributed by atoms with Crippen molar-refractivity contribution < 1.29 is 13.2 Å². The Morgan fingerprint density at radius 2 is 1.80 bits per heavy atom. The van der Waals surface area contributed by atoms with Crippen LogP contribution in [0, 0.1) is 3.57 Å². The average Bonchev–Trinajstić information content (AvgIpc) is 2.55. The zero-order chi connectivity index (χ0) is 18.4. The van der Waals surface area contributed by atoms with Crippen molar-refractivity contribution in [1.29, 1.82) is 0 Å². The monoisotopic (exact) mass is 490 g/mol. The normalized spacial score (nSPS) is 11.2. The summed E-state index contributed by atoms with van der Waals surface area (Å²) in [5.41, 5.74) is 1.16. The lowest BCUT2D eigenvalue weighted by molar-refractivity contribution is -0.114. The Hall–Kier alpha value is -1.26. The van der Waals surface area contributed by atoms with Gasteiger partial charge in [-0.1, -0.05) is 19.1 Å². The zero-order valence-electron chi connectivity index (χ0n) is 13.9. The molecule has 1 amide bonds. The van der Waals surface area contributed by atoms with Gasteiger partial charge in [0.15, 0.2) is 0 Å². The molecule has 0 aliphatic carbocycles. The van der Waals surface area contributed by atoms with E-state index >= 15 is 0 Å². The minimum absolute atomic E-state index is 0.273. The largest absolute Gasteiger partial charge is 0.323 e. The van der Waals surface area contributed by atoms with Crippen molar-refractivity contribution >= 4 is 61.7 Å². The number of nitrogens with zero attached hydrogens (tertiary/aromatic N) is 1. The smallest absolute Gasteiger partial charge is 0.245 e. The van der Waals surface area contributed by atoms with E-state index in [1.165, 1.54) is 0 Å². The summed E-state index contributed by atoms with van der Waals surface area (Å²) in [6.45, 7) is 1.76. The van der Waals surface area contributed by atoms with E-state index in [-0.39, 0.29) is 12.5 Å². The summed E-state index contributed by atoms with van der Waals surface area (Å²) in [7, 11) is -3.57. The Kier molecular flexibility index (Phi) is 7.14. The van der Waals surface area contributed by atoms with Gasteiger partial charge < -0.3 is 5.32 Å². The molecule has 0 aromatic heterocycles. The van der Waals surface area contributed by atoms with Gasteiger partial charge in [0.25, 0.3) is 0 Å². The Bertz CT molecular complexity index is 839. The SMILES string of the molecule is CCSc1ccccc1NC(=O)CN(c1ccc(I)cc1)S(C)(=O)=O. The van der Waals surface area contributed by atoms with Gasteiger partial charge in [-0.05, 0) is 64.7 Å². The predicted molar refractivity (Wildman–Crippen MR) is 113 cm³/mol. The summed E-state index contributed by atoms with van der Waals surface area (Å²) in [6.07, 6.45) is 1.10. The highest BCUT2D eigenvalue weighted by Crippen LogP contribution is 2.27. The molecular weight excluding hydrogens is 471 g/mol. The van der Waals surface area contributed by atoms with Crippen LogP contribution in [0.1, 0.15) is 6.92 Å². The van der Waals surface area contributed by atoms with Crippen LogP contribution in [-0.4, -0.2) is 32.9 Å². The van der Waals surface area contributed by atoms with E-state index in [1.54, 1.807) is 36.0 Å². The van der Waals surface area contributed by atoms with E-state index in [2.05, 4.69) is 27.9 Å². The second-order valence-electron chi connectivity index (χ2n) is 5.22. The van der Waals surface area contributed by atoms with Crippen molar-refractivity contribution in [3.05, 3.63) is 52.1 Å². The van der Waals surface area contributed by atoms with E-state index in [1.807, 2.05) is 31.2 Å². The number of halogens is 1. The van der Waals surface area contributed by atoms with Crippen molar-refractivity contribution in [2.45, 2.75) is 11.8 Å². The summed E-state index contributed by atoms with van der Waals surface area (Å²) in [5.74, 6) is 0.499. The highest BCUT2D eigenvalue weighted by Gasteiger charge is 2.21. The van der Waals surface area contributed by atoms with Crippen LogP contribution in [0.5, 0.6) is 0 Å². The fraction of sp³-hybridized carbons (Fsp3) is 0.235. The summed E-state index contributed by atoms with van der Waals surface area (Å²) < 4.78 is 26.3. The molecule has 0 saturated carbocycles. The molecule has 2 rings (SSSR count). The second kappa shape index (κ2) is 8.91. The van der Waals surface area contributed by atoms with Crippen molar-refractivity contribution in [2.24, 2.45) is 0 Å². The summed E-state index contributed by atoms with van der Waals surface area (Å²) in [5, 5.41) is 2.81. The topological polar surface area (TPSA) is 66.5 Å². The van der Waals surface area contributed by atoms with E-state index in [9.17, 15) is 13.2 Å². The van der Waals surface area contributed by atoms with Gasteiger partial charge in [0.1, 0.15) is 6.54 Å². The number of rotatable bonds is 7. The first-order valence-electron chi connectivity index (χ1n) is 7.56. The van der Waals surface area contributed by atoms with Crippen molar-refractivity contribution in [3.8, 4) is 0 Å². The molecular formula is C17H19IN2O3S2. The third kappa shape index (κ3) is 5.89. The molecule has 25 heavy (non-hydrogen) atoms. The van der Waals surface area contributed by atoms with Crippen LogP contribution in [0.25, 0.3) is 0 Å². The molecule has 0 aliphatic heterocycles. The molecule has 0 unspecified atom stereocenters. The van der Waals surface area contributed by atoms with Crippen molar-refractivity contribution in [2.75, 3.05) is 28.2 Å². The molecule has 1 N–H and O–H groups in total. The maximum Gasteiger partial charge on any atom is 0.245 e. The lowest BCUT2D eigenvalue weighted by Crippen LogP contribution is -2.37. The number of anilines is 2. The molecule has 8 heteroatoms. The molecule has 134 valence electrons. The first-order chi connectivity index (χ1) is 11.8. The number of hydrogen-bond acceptors (Lipinski definition) is 4. The van der Waals surface area contributed by atoms with E-state index in [4.69, 9.17) is 0 Å². The van der Waals surface area contributed by atoms with Crippen LogP contribution < -0.4 is 9.62 Å². The standard InChI is InChI=1S/C17H19IN2O3S2/c1-3-24-16-7-5-4-6-15(16)19-17(21)12-20(25(2,22)23)14-10-8-13(18)9-11-14/h4-11H,3,12H2,1-2H3,(H,19,21). The number of hydrogen-bond donors (Lipinski definition) is 1. The Labute approximate surface area is 166 Å². The van der Waals surface area contributed by atoms with Gasteiger partial charge in [-0.15, -0.1) is 11.8 Å². The average molecular weight is 490 g/mol. The van der Waals surface area contributed by atoms with Crippen molar-refractivity contribution in [3.63, 3.8) is 0 Å². The highest BCUT2D eigenvalue weighted by atomic mass is 127. The number of benzene rings is 2. The van der Waals surface area contributed by atoms with Gasteiger partial charge in [0.05, 0.1) is 17.6 Å². The second-order valence-corrected chi connectivity index (χ2v) is 9.68. The summed E-state index contributed by atoms with van der Waals surface area (Å²) in [4.78, 5) is 13.4. The van der Waals surface area contributed by atoms with E-state index in [0.29, 0.717) is 11.4 Å². The number of thioether (sulfide) groups is 1. The number of carbonyl (C=O) groups excluding carboxylic acids is 1. The molecule has 0 aliphatic rings. The fourth-order valence-corrected chi connectivity index (χ4v) is 4.16. The first-order valence-corrected chi connectivity index (χ1v) is 11.5. The van der Waals surface area contributed by atoms with Crippen LogP contribution in [0.15, 0.2) is 53.4 Å². The Morgan fingerprint density at radius 3 is 2.40 bits per heavy atom. The molecule has 2 aromatic rings. The maximum absolute atomic E-state index is 12.4. The maximum atomic E-state index is 12.4. The molecule has 2 aromatic carbocycles. The number of carbonyl (C=O) groups is 1. The zero-order valence-corrected chi connectivity index (χ0v) is 17.7. The minimum Gasteiger partial charge on any atom is -0.323 e. The number of para-hydroxylation sites is 1. The van der Waals surface area contributed by atoms with Crippen LogP contribution in [0.4, 0.5) is 11.4 Å². The molecule has 0 spiro atoms. The number of amides is 1. The fourth-order valence-electron chi connectivity index (χ4n) is 2.18. The highest BCUT2D eigenvalue weighted by molar-refractivity contribution is 14.1. The van der Waals surface area contributed by atoms with E-state index < -0.39 is 10.0 Å². The third-order valence-corrected chi connectivity index (χ3v) is 6.08. The van der Waals surface area contributed by atoms with Gasteiger partial charge in [0.2, 0.25) is 15.9 Å². The molecule has 5 nitrogen and oxygen atoms in total. The quantitative estimate of drug-likeness (QED) is 0.474. The van der Waals surface area contributed by atoms with Gasteiger partial charge >= 0.3 is 0 Å². The lowest BCUT2D eigenvalue weighted by atomic mass is 10.3. The van der Waals surface area contributed by atoms with Crippen molar-refractivity contribution in [1.82, 2.24) is 0 Å². The molecule has 0 radical (unpaired) electrons. The molecule has 0 atom stereocenters. The van der Waals surface area contributed by atoms with Crippen LogP contribution in [0.2, 0.25) is 0 Å². The Morgan fingerprint density at radius 1 is 1.16 bits per heavy atom. The van der Waals surface area contributed by atoms with Gasteiger partial charge in [0, 0.05) is 8.47 Å².